The molecule has 1 aliphatic heterocycles. The molecule has 20 heavy (non-hydrogen) atoms. The molecule has 0 spiro atoms. The van der Waals surface area contributed by atoms with E-state index in [1.807, 2.05) is 11.3 Å². The smallest absolute Gasteiger partial charge is 0.0957 e. The van der Waals surface area contributed by atoms with Gasteiger partial charge in [0.1, 0.15) is 0 Å². The van der Waals surface area contributed by atoms with Crippen LogP contribution in [0.25, 0.3) is 0 Å². The Morgan fingerprint density at radius 3 is 2.70 bits per heavy atom. The number of nitrogens with zero attached hydrogens (tertiary/aromatic N) is 1. The molecule has 4 heteroatoms. The minimum absolute atomic E-state index is 0.166. The third-order valence-corrected chi connectivity index (χ3v) is 5.03. The average molecular weight is 294 g/mol. The molecule has 3 nitrogen and oxygen atoms in total. The summed E-state index contributed by atoms with van der Waals surface area (Å²) in [6.45, 7) is 8.55. The van der Waals surface area contributed by atoms with Crippen LogP contribution >= 0.6 is 11.3 Å². The molecule has 0 amide bonds. The maximum absolute atomic E-state index is 5.75. The van der Waals surface area contributed by atoms with Gasteiger partial charge in [-0.25, -0.2) is 4.98 Å². The summed E-state index contributed by atoms with van der Waals surface area (Å²) in [7, 11) is 0. The lowest BCUT2D eigenvalue weighted by molar-refractivity contribution is 0.111. The van der Waals surface area contributed by atoms with E-state index >= 15 is 0 Å². The van der Waals surface area contributed by atoms with Crippen LogP contribution in [0.1, 0.15) is 68.0 Å². The first kappa shape index (κ1) is 14.5. The molecule has 1 atom stereocenters. The zero-order valence-corrected chi connectivity index (χ0v) is 13.7. The highest BCUT2D eigenvalue weighted by atomic mass is 32.1. The fraction of sp³-hybridized carbons (Fsp3) is 0.812. The lowest BCUT2D eigenvalue weighted by atomic mass is 10.1. The highest BCUT2D eigenvalue weighted by Crippen LogP contribution is 2.43. The van der Waals surface area contributed by atoms with Crippen molar-refractivity contribution >= 4 is 11.3 Å². The Kier molecular flexibility index (Phi) is 4.16. The number of nitrogens with one attached hydrogen (secondary N) is 1. The van der Waals surface area contributed by atoms with Gasteiger partial charge in [-0.2, -0.15) is 0 Å². The topological polar surface area (TPSA) is 34.1 Å². The molecule has 1 N–H and O–H groups in total. The fourth-order valence-electron chi connectivity index (χ4n) is 2.65. The summed E-state index contributed by atoms with van der Waals surface area (Å²) in [5, 5.41) is 4.89. The maximum Gasteiger partial charge on any atom is 0.0957 e. The van der Waals surface area contributed by atoms with Crippen LogP contribution in [-0.2, 0) is 17.7 Å². The number of hydrogen-bond acceptors (Lipinski definition) is 4. The largest absolute Gasteiger partial charge is 0.378 e. The zero-order chi connectivity index (χ0) is 14.2. The van der Waals surface area contributed by atoms with Crippen LogP contribution in [0.2, 0.25) is 0 Å². The second kappa shape index (κ2) is 5.74. The van der Waals surface area contributed by atoms with E-state index in [-0.39, 0.29) is 5.54 Å². The van der Waals surface area contributed by atoms with Crippen LogP contribution < -0.4 is 5.32 Å². The first-order valence-corrected chi connectivity index (χ1v) is 8.68. The summed E-state index contributed by atoms with van der Waals surface area (Å²) in [4.78, 5) is 6.39. The van der Waals surface area contributed by atoms with E-state index in [1.54, 1.807) is 0 Å². The summed E-state index contributed by atoms with van der Waals surface area (Å²) in [6, 6.07) is 0. The second-order valence-corrected chi connectivity index (χ2v) is 8.30. The highest BCUT2D eigenvalue weighted by Gasteiger charge is 2.30. The molecule has 2 heterocycles. The zero-order valence-electron chi connectivity index (χ0n) is 12.9. The maximum atomic E-state index is 5.75. The van der Waals surface area contributed by atoms with Gasteiger partial charge in [-0.15, -0.1) is 11.3 Å². The van der Waals surface area contributed by atoms with Crippen molar-refractivity contribution in [2.24, 2.45) is 0 Å². The van der Waals surface area contributed by atoms with E-state index in [0.29, 0.717) is 6.10 Å². The normalized spacial score (nSPS) is 23.4. The third-order valence-electron chi connectivity index (χ3n) is 3.94. The van der Waals surface area contributed by atoms with Crippen LogP contribution in [-0.4, -0.2) is 23.2 Å². The van der Waals surface area contributed by atoms with Crippen molar-refractivity contribution in [1.29, 1.82) is 0 Å². The van der Waals surface area contributed by atoms with E-state index in [2.05, 4.69) is 26.1 Å². The molecule has 1 aliphatic carbocycles. The number of ether oxygens (including phenoxy) is 1. The Morgan fingerprint density at radius 2 is 2.10 bits per heavy atom. The molecule has 1 saturated carbocycles. The van der Waals surface area contributed by atoms with Crippen LogP contribution in [0.15, 0.2) is 0 Å². The minimum atomic E-state index is 0.166. The Morgan fingerprint density at radius 1 is 1.30 bits per heavy atom. The Labute approximate surface area is 126 Å². The van der Waals surface area contributed by atoms with E-state index in [1.165, 1.54) is 41.3 Å². The van der Waals surface area contributed by atoms with Gasteiger partial charge in [-0.3, -0.25) is 0 Å². The van der Waals surface area contributed by atoms with Gasteiger partial charge < -0.3 is 10.1 Å². The van der Waals surface area contributed by atoms with Gasteiger partial charge in [0.15, 0.2) is 0 Å². The van der Waals surface area contributed by atoms with Gasteiger partial charge in [0.25, 0.3) is 0 Å². The predicted molar refractivity (Wildman–Crippen MR) is 83.4 cm³/mol. The number of aromatic nitrogens is 1. The molecule has 0 bridgehead atoms. The van der Waals surface area contributed by atoms with E-state index < -0.39 is 0 Å². The molecule has 2 aliphatic rings. The molecule has 0 radical (unpaired) electrons. The summed E-state index contributed by atoms with van der Waals surface area (Å²) in [5.74, 6) is 0.737. The van der Waals surface area contributed by atoms with Crippen LogP contribution in [0.3, 0.4) is 0 Å². The third kappa shape index (κ3) is 3.80. The molecule has 1 unspecified atom stereocenters. The fourth-order valence-corrected chi connectivity index (χ4v) is 3.81. The van der Waals surface area contributed by atoms with Crippen molar-refractivity contribution in [3.05, 3.63) is 15.6 Å². The van der Waals surface area contributed by atoms with Crippen molar-refractivity contribution in [2.75, 3.05) is 6.61 Å². The van der Waals surface area contributed by atoms with Crippen molar-refractivity contribution in [3.63, 3.8) is 0 Å². The number of rotatable bonds is 5. The van der Waals surface area contributed by atoms with Crippen LogP contribution in [0.4, 0.5) is 0 Å². The molecule has 1 aromatic heterocycles. The predicted octanol–water partition coefficient (Wildman–Crippen LogP) is 3.63. The van der Waals surface area contributed by atoms with Gasteiger partial charge >= 0.3 is 0 Å². The van der Waals surface area contributed by atoms with E-state index in [9.17, 15) is 0 Å². The summed E-state index contributed by atoms with van der Waals surface area (Å²) in [6.07, 6.45) is 6.49. The van der Waals surface area contributed by atoms with Crippen molar-refractivity contribution < 1.29 is 4.74 Å². The molecule has 3 rings (SSSR count). The molecule has 112 valence electrons. The Hall–Kier alpha value is -0.450. The van der Waals surface area contributed by atoms with Gasteiger partial charge in [0.2, 0.25) is 0 Å². The molecule has 1 aromatic rings. The molecule has 2 fully saturated rings. The van der Waals surface area contributed by atoms with Gasteiger partial charge in [0, 0.05) is 35.9 Å². The first-order chi connectivity index (χ1) is 9.51. The monoisotopic (exact) mass is 294 g/mol. The molecular formula is C16H26N2OS. The summed E-state index contributed by atoms with van der Waals surface area (Å²) in [5.41, 5.74) is 1.54. The van der Waals surface area contributed by atoms with E-state index in [4.69, 9.17) is 9.72 Å². The average Bonchev–Trinajstić information content (AvgIpc) is 2.94. The Balaban J connectivity index is 1.68. The van der Waals surface area contributed by atoms with Crippen molar-refractivity contribution in [2.45, 2.75) is 77.0 Å². The lowest BCUT2D eigenvalue weighted by Gasteiger charge is -2.20. The van der Waals surface area contributed by atoms with Crippen molar-refractivity contribution in [3.8, 4) is 0 Å². The molecule has 0 aromatic carbocycles. The molecular weight excluding hydrogens is 268 g/mol. The Bertz CT molecular complexity index is 454. The van der Waals surface area contributed by atoms with Crippen molar-refractivity contribution in [1.82, 2.24) is 10.3 Å². The van der Waals surface area contributed by atoms with Crippen LogP contribution in [0.5, 0.6) is 0 Å². The highest BCUT2D eigenvalue weighted by molar-refractivity contribution is 7.11. The summed E-state index contributed by atoms with van der Waals surface area (Å²) >= 11 is 1.90. The lowest BCUT2D eigenvalue weighted by Crippen LogP contribution is -2.35. The minimum Gasteiger partial charge on any atom is -0.378 e. The van der Waals surface area contributed by atoms with Gasteiger partial charge in [-0.05, 0) is 46.5 Å². The summed E-state index contributed by atoms with van der Waals surface area (Å²) < 4.78 is 5.75. The SMILES string of the molecule is CC(C)(C)NCc1sc(CC2CCCO2)nc1C1CC1. The number of thiazole rings is 1. The first-order valence-electron chi connectivity index (χ1n) is 7.86. The molecule has 1 saturated heterocycles. The standard InChI is InChI=1S/C16H26N2OS/c1-16(2,3)17-10-13-15(11-6-7-11)18-14(20-13)9-12-5-4-8-19-12/h11-12,17H,4-10H2,1-3H3. The quantitative estimate of drug-likeness (QED) is 0.900. The second-order valence-electron chi connectivity index (χ2n) is 7.13. The van der Waals surface area contributed by atoms with Crippen LogP contribution in [0, 0.1) is 0 Å². The van der Waals surface area contributed by atoms with Gasteiger partial charge in [-0.1, -0.05) is 0 Å². The number of hydrogen-bond donors (Lipinski definition) is 1. The van der Waals surface area contributed by atoms with E-state index in [0.717, 1.165) is 25.5 Å². The van der Waals surface area contributed by atoms with Gasteiger partial charge in [0.05, 0.1) is 16.8 Å².